The van der Waals surface area contributed by atoms with Gasteiger partial charge < -0.3 is 20.5 Å². The zero-order chi connectivity index (χ0) is 22.7. The van der Waals surface area contributed by atoms with E-state index in [1.165, 1.54) is 23.5 Å². The number of nitrogens with zero attached hydrogens (tertiary/aromatic N) is 4. The van der Waals surface area contributed by atoms with Gasteiger partial charge in [0.1, 0.15) is 27.6 Å². The van der Waals surface area contributed by atoms with Gasteiger partial charge in [-0.3, -0.25) is 0 Å². The molecule has 2 heterocycles. The quantitative estimate of drug-likeness (QED) is 0.460. The Labute approximate surface area is 193 Å². The Morgan fingerprint density at radius 1 is 1.19 bits per heavy atom. The largest absolute Gasteiger partial charge is 0.489 e. The van der Waals surface area contributed by atoms with Gasteiger partial charge in [0, 0.05) is 30.3 Å². The average Bonchev–Trinajstić information content (AvgIpc) is 3.22. The number of hydrogen-bond acceptors (Lipinski definition) is 8. The summed E-state index contributed by atoms with van der Waals surface area (Å²) < 4.78 is 19.8. The monoisotopic (exact) mass is 485 g/mol. The normalized spacial score (nSPS) is 12.3. The Kier molecular flexibility index (Phi) is 7.66. The van der Waals surface area contributed by atoms with Crippen molar-refractivity contribution < 1.29 is 14.2 Å². The average molecular weight is 486 g/mol. The Bertz CT molecular complexity index is 1070. The number of aliphatic hydroxyl groups excluding tert-OH is 1. The van der Waals surface area contributed by atoms with Crippen LogP contribution in [-0.4, -0.2) is 52.6 Å². The highest BCUT2D eigenvalue weighted by Crippen LogP contribution is 2.38. The molecule has 1 atom stereocenters. The summed E-state index contributed by atoms with van der Waals surface area (Å²) in [5.41, 5.74) is 6.72. The van der Waals surface area contributed by atoms with Gasteiger partial charge in [0.05, 0.1) is 17.7 Å². The highest BCUT2D eigenvalue weighted by molar-refractivity contribution is 7.18. The molecule has 2 aromatic heterocycles. The minimum atomic E-state index is -0.617. The van der Waals surface area contributed by atoms with E-state index in [-0.39, 0.29) is 30.0 Å². The number of ether oxygens (including phenoxy) is 1. The maximum Gasteiger partial charge on any atom is 0.165 e. The molecular weight excluding hydrogens is 464 g/mol. The number of nitrogens with two attached hydrogens (primary N) is 1. The van der Waals surface area contributed by atoms with E-state index in [9.17, 15) is 4.39 Å². The van der Waals surface area contributed by atoms with E-state index < -0.39 is 11.9 Å². The fourth-order valence-electron chi connectivity index (χ4n) is 2.55. The predicted molar refractivity (Wildman–Crippen MR) is 123 cm³/mol. The zero-order valence-electron chi connectivity index (χ0n) is 17.1. The van der Waals surface area contributed by atoms with Gasteiger partial charge in [-0.25, -0.2) is 9.37 Å². The molecule has 31 heavy (non-hydrogen) atoms. The molecule has 3 rings (SSSR count). The van der Waals surface area contributed by atoms with Crippen LogP contribution in [0.15, 0.2) is 24.3 Å². The minimum absolute atomic E-state index is 0.0397. The summed E-state index contributed by atoms with van der Waals surface area (Å²) in [5.74, 6) is 0.0414. The molecule has 0 saturated heterocycles. The van der Waals surface area contributed by atoms with E-state index in [2.05, 4.69) is 15.2 Å². The molecule has 0 radical (unpaired) electrons. The van der Waals surface area contributed by atoms with Crippen LogP contribution in [0.3, 0.4) is 0 Å². The summed E-state index contributed by atoms with van der Waals surface area (Å²) in [6.07, 6.45) is 0. The molecule has 166 valence electrons. The van der Waals surface area contributed by atoms with Crippen LogP contribution >= 0.6 is 34.5 Å². The van der Waals surface area contributed by atoms with E-state index in [0.29, 0.717) is 26.5 Å². The molecule has 0 spiro atoms. The first-order valence-corrected chi connectivity index (χ1v) is 11.0. The zero-order valence-corrected chi connectivity index (χ0v) is 19.5. The first-order chi connectivity index (χ1) is 14.7. The maximum absolute atomic E-state index is 14.5. The second-order valence-electron chi connectivity index (χ2n) is 7.17. The van der Waals surface area contributed by atoms with Crippen LogP contribution in [0.25, 0.3) is 21.1 Å². The number of halogens is 3. The van der Waals surface area contributed by atoms with Crippen LogP contribution in [0.4, 0.5) is 10.2 Å². The van der Waals surface area contributed by atoms with Crippen LogP contribution < -0.4 is 15.4 Å². The summed E-state index contributed by atoms with van der Waals surface area (Å²) in [5, 5.41) is 19.0. The van der Waals surface area contributed by atoms with Crippen molar-refractivity contribution in [3.05, 3.63) is 40.3 Å². The summed E-state index contributed by atoms with van der Waals surface area (Å²) in [6.45, 7) is 3.79. The first-order valence-electron chi connectivity index (χ1n) is 9.42. The van der Waals surface area contributed by atoms with E-state index in [0.717, 1.165) is 5.56 Å². The summed E-state index contributed by atoms with van der Waals surface area (Å²) in [4.78, 5) is 6.35. The molecule has 0 saturated carbocycles. The van der Waals surface area contributed by atoms with Crippen molar-refractivity contribution in [1.29, 1.82) is 0 Å². The van der Waals surface area contributed by atoms with Crippen LogP contribution in [0.1, 0.15) is 13.8 Å². The predicted octanol–water partition coefficient (Wildman–Crippen LogP) is 4.26. The fraction of sp³-hybridized carbons (Fsp3) is 0.350. The molecular formula is C20H22Cl2FN5O2S. The molecule has 0 fully saturated rings. The molecule has 0 unspecified atom stereocenters. The fourth-order valence-corrected chi connectivity index (χ4v) is 3.92. The Balaban J connectivity index is 1.90. The third-order valence-corrected chi connectivity index (χ3v) is 6.04. The number of rotatable bonds is 8. The van der Waals surface area contributed by atoms with E-state index >= 15 is 0 Å². The highest BCUT2D eigenvalue weighted by atomic mass is 35.5. The number of hydrogen-bond donors (Lipinski definition) is 2. The molecule has 0 aliphatic carbocycles. The van der Waals surface area contributed by atoms with Crippen molar-refractivity contribution in [2.75, 3.05) is 25.2 Å². The van der Waals surface area contributed by atoms with Gasteiger partial charge in [0.2, 0.25) is 0 Å². The highest BCUT2D eigenvalue weighted by Gasteiger charge is 2.18. The molecule has 3 N–H and O–H groups in total. The smallest absolute Gasteiger partial charge is 0.165 e. The Morgan fingerprint density at radius 2 is 1.90 bits per heavy atom. The van der Waals surface area contributed by atoms with Crippen molar-refractivity contribution in [3.63, 3.8) is 0 Å². The van der Waals surface area contributed by atoms with Crippen molar-refractivity contribution in [1.82, 2.24) is 15.2 Å². The van der Waals surface area contributed by atoms with E-state index in [1.54, 1.807) is 6.07 Å². The molecule has 0 amide bonds. The van der Waals surface area contributed by atoms with Gasteiger partial charge in [0.25, 0.3) is 0 Å². The number of aliphatic hydroxyl groups is 1. The van der Waals surface area contributed by atoms with Crippen LogP contribution in [-0.2, 0) is 0 Å². The molecule has 7 nitrogen and oxygen atoms in total. The third kappa shape index (κ3) is 5.61. The number of pyridine rings is 1. The lowest BCUT2D eigenvalue weighted by Gasteiger charge is -2.23. The lowest BCUT2D eigenvalue weighted by Crippen LogP contribution is -2.31. The Morgan fingerprint density at radius 3 is 2.58 bits per heavy atom. The van der Waals surface area contributed by atoms with Gasteiger partial charge >= 0.3 is 0 Å². The summed E-state index contributed by atoms with van der Waals surface area (Å²) in [6, 6.07) is 5.79. The van der Waals surface area contributed by atoms with Crippen molar-refractivity contribution in [3.8, 4) is 26.9 Å². The molecule has 0 aliphatic heterocycles. The van der Waals surface area contributed by atoms with Crippen LogP contribution in [0, 0.1) is 5.82 Å². The number of aromatic nitrogens is 3. The maximum atomic E-state index is 14.5. The van der Waals surface area contributed by atoms with Gasteiger partial charge in [-0.1, -0.05) is 34.5 Å². The van der Waals surface area contributed by atoms with Crippen LogP contribution in [0.5, 0.6) is 5.75 Å². The Hall–Kier alpha value is -2.04. The standard InChI is InChI=1S/C20H22Cl2FN5O2S/c1-10(2)28(3)18-5-11(4-17(22)25-18)19-26-27-20(31-19)13-6-15(23)16(7-14(13)21)30-9-12(24)8-29/h4-7,10,12,29H,8-9,24H2,1-3H3/t12-/m0/s1. The summed E-state index contributed by atoms with van der Waals surface area (Å²) >= 11 is 13.8. The van der Waals surface area contributed by atoms with Gasteiger partial charge in [-0.2, -0.15) is 0 Å². The lowest BCUT2D eigenvalue weighted by atomic mass is 10.2. The third-order valence-electron chi connectivity index (χ3n) is 4.53. The van der Waals surface area contributed by atoms with Crippen molar-refractivity contribution >= 4 is 40.4 Å². The minimum Gasteiger partial charge on any atom is -0.489 e. The molecule has 1 aromatic carbocycles. The van der Waals surface area contributed by atoms with Gasteiger partial charge in [0.15, 0.2) is 11.6 Å². The molecule has 0 bridgehead atoms. The van der Waals surface area contributed by atoms with Crippen molar-refractivity contribution in [2.24, 2.45) is 5.73 Å². The number of benzene rings is 1. The molecule has 11 heteroatoms. The van der Waals surface area contributed by atoms with Crippen LogP contribution in [0.2, 0.25) is 10.2 Å². The second kappa shape index (κ2) is 10.1. The molecule has 3 aromatic rings. The summed E-state index contributed by atoms with van der Waals surface area (Å²) in [7, 11) is 1.93. The van der Waals surface area contributed by atoms with Gasteiger partial charge in [-0.15, -0.1) is 10.2 Å². The lowest BCUT2D eigenvalue weighted by molar-refractivity contribution is 0.202. The molecule has 0 aliphatic rings. The second-order valence-corrected chi connectivity index (χ2v) is 8.94. The van der Waals surface area contributed by atoms with E-state index in [4.69, 9.17) is 38.8 Å². The topological polar surface area (TPSA) is 97.4 Å². The number of anilines is 1. The first kappa shape index (κ1) is 23.6. The SMILES string of the molecule is CC(C)N(C)c1cc(-c2nnc(-c3cc(F)c(OC[C@@H](N)CO)cc3Cl)s2)cc(Cl)n1. The van der Waals surface area contributed by atoms with Crippen molar-refractivity contribution in [2.45, 2.75) is 25.9 Å². The van der Waals surface area contributed by atoms with Gasteiger partial charge in [-0.05, 0) is 32.0 Å². The van der Waals surface area contributed by atoms with E-state index in [1.807, 2.05) is 31.9 Å².